The monoisotopic (exact) mass is 208 g/mol. The van der Waals surface area contributed by atoms with E-state index in [9.17, 15) is 9.59 Å². The molecule has 0 aromatic heterocycles. The summed E-state index contributed by atoms with van der Waals surface area (Å²) in [5.74, 6) is -0.765. The number of hydrogen-bond donors (Lipinski definition) is 0. The van der Waals surface area contributed by atoms with Gasteiger partial charge in [0.1, 0.15) is 11.3 Å². The molecule has 1 rings (SSSR count). The van der Waals surface area contributed by atoms with Gasteiger partial charge in [0, 0.05) is 6.92 Å². The number of hydrogen-bond acceptors (Lipinski definition) is 4. The molecule has 0 heterocycles. The smallest absolute Gasteiger partial charge is 0.341 e. The number of carbonyl (C=O) groups excluding carboxylic acids is 2. The van der Waals surface area contributed by atoms with Crippen molar-refractivity contribution in [2.24, 2.45) is 0 Å². The molecule has 0 aliphatic carbocycles. The van der Waals surface area contributed by atoms with Gasteiger partial charge < -0.3 is 9.47 Å². The molecule has 0 bridgehead atoms. The quantitative estimate of drug-likeness (QED) is 0.548. The fraction of sp³-hybridized carbons (Fsp3) is 0.273. The van der Waals surface area contributed by atoms with Crippen molar-refractivity contribution >= 4 is 11.9 Å². The number of carbonyl (C=O) groups is 2. The van der Waals surface area contributed by atoms with Crippen LogP contribution in [0.2, 0.25) is 0 Å². The zero-order valence-electron chi connectivity index (χ0n) is 8.87. The van der Waals surface area contributed by atoms with Crippen molar-refractivity contribution in [1.29, 1.82) is 0 Å². The second-order valence-electron chi connectivity index (χ2n) is 3.08. The molecule has 4 nitrogen and oxygen atoms in total. The molecule has 0 atom stereocenters. The predicted molar refractivity (Wildman–Crippen MR) is 53.8 cm³/mol. The van der Waals surface area contributed by atoms with Crippen LogP contribution in [-0.4, -0.2) is 19.0 Å². The van der Waals surface area contributed by atoms with Crippen molar-refractivity contribution < 1.29 is 19.1 Å². The highest BCUT2D eigenvalue weighted by Gasteiger charge is 2.14. The third kappa shape index (κ3) is 2.80. The van der Waals surface area contributed by atoms with Crippen LogP contribution in [0.15, 0.2) is 18.2 Å². The van der Waals surface area contributed by atoms with Crippen molar-refractivity contribution in [2.75, 3.05) is 7.11 Å². The van der Waals surface area contributed by atoms with Crippen LogP contribution >= 0.6 is 0 Å². The summed E-state index contributed by atoms with van der Waals surface area (Å²) in [6, 6.07) is 4.94. The molecule has 0 fully saturated rings. The number of benzene rings is 1. The average molecular weight is 208 g/mol. The van der Waals surface area contributed by atoms with E-state index in [-0.39, 0.29) is 11.3 Å². The molecule has 0 saturated carbocycles. The Labute approximate surface area is 87.8 Å². The van der Waals surface area contributed by atoms with E-state index in [1.54, 1.807) is 18.2 Å². The highest BCUT2D eigenvalue weighted by Crippen LogP contribution is 2.20. The minimum Gasteiger partial charge on any atom is -0.465 e. The van der Waals surface area contributed by atoms with Crippen LogP contribution in [0.5, 0.6) is 5.75 Å². The Hall–Kier alpha value is -1.84. The Balaban J connectivity index is 3.14. The maximum absolute atomic E-state index is 11.4. The van der Waals surface area contributed by atoms with Crippen LogP contribution in [0.3, 0.4) is 0 Å². The van der Waals surface area contributed by atoms with E-state index in [1.165, 1.54) is 14.0 Å². The highest BCUT2D eigenvalue weighted by molar-refractivity contribution is 5.93. The molecule has 15 heavy (non-hydrogen) atoms. The lowest BCUT2D eigenvalue weighted by molar-refractivity contribution is -0.131. The van der Waals surface area contributed by atoms with E-state index in [0.29, 0.717) is 0 Å². The molecular formula is C11H12O4. The van der Waals surface area contributed by atoms with E-state index in [0.717, 1.165) is 5.56 Å². The Bertz CT molecular complexity index is 396. The van der Waals surface area contributed by atoms with Crippen molar-refractivity contribution in [3.05, 3.63) is 29.3 Å². The zero-order chi connectivity index (χ0) is 11.4. The molecule has 0 radical (unpaired) electrons. The molecule has 0 spiro atoms. The van der Waals surface area contributed by atoms with Gasteiger partial charge >= 0.3 is 11.9 Å². The fourth-order valence-corrected chi connectivity index (χ4v) is 1.16. The average Bonchev–Trinajstić information content (AvgIpc) is 2.19. The van der Waals surface area contributed by atoms with E-state index < -0.39 is 11.9 Å². The second kappa shape index (κ2) is 4.59. The molecule has 4 heteroatoms. The Kier molecular flexibility index (Phi) is 3.44. The lowest BCUT2D eigenvalue weighted by atomic mass is 10.1. The third-order valence-electron chi connectivity index (χ3n) is 1.79. The topological polar surface area (TPSA) is 52.6 Å². The molecule has 0 aliphatic heterocycles. The molecule has 0 aliphatic rings. The molecule has 0 N–H and O–H groups in total. The first-order valence-corrected chi connectivity index (χ1v) is 4.42. The standard InChI is InChI=1S/C11H12O4/c1-7-4-5-10(15-8(2)12)9(6-7)11(13)14-3/h4-6H,1-3H3. The van der Waals surface area contributed by atoms with Crippen LogP contribution in [0, 0.1) is 6.92 Å². The van der Waals surface area contributed by atoms with Gasteiger partial charge in [-0.05, 0) is 24.6 Å². The first kappa shape index (κ1) is 11.2. The van der Waals surface area contributed by atoms with Crippen LogP contribution in [0.1, 0.15) is 22.8 Å². The van der Waals surface area contributed by atoms with Gasteiger partial charge in [-0.1, -0.05) is 6.07 Å². The zero-order valence-corrected chi connectivity index (χ0v) is 8.87. The Morgan fingerprint density at radius 2 is 1.93 bits per heavy atom. The summed E-state index contributed by atoms with van der Waals surface area (Å²) in [5, 5.41) is 0. The molecule has 80 valence electrons. The molecule has 1 aromatic carbocycles. The van der Waals surface area contributed by atoms with Gasteiger partial charge in [0.05, 0.1) is 7.11 Å². The largest absolute Gasteiger partial charge is 0.465 e. The minimum absolute atomic E-state index is 0.222. The van der Waals surface area contributed by atoms with Crippen LogP contribution in [-0.2, 0) is 9.53 Å². The summed E-state index contributed by atoms with van der Waals surface area (Å²) in [4.78, 5) is 22.1. The number of aryl methyl sites for hydroxylation is 1. The van der Waals surface area contributed by atoms with Crippen LogP contribution < -0.4 is 4.74 Å². The molecule has 1 aromatic rings. The normalized spacial score (nSPS) is 9.53. The summed E-state index contributed by atoms with van der Waals surface area (Å²) in [6.45, 7) is 3.12. The Morgan fingerprint density at radius 3 is 2.47 bits per heavy atom. The SMILES string of the molecule is COC(=O)c1cc(C)ccc1OC(C)=O. The number of esters is 2. The summed E-state index contributed by atoms with van der Waals surface area (Å²) in [6.07, 6.45) is 0. The van der Waals surface area contributed by atoms with E-state index >= 15 is 0 Å². The Morgan fingerprint density at radius 1 is 1.27 bits per heavy atom. The van der Waals surface area contributed by atoms with Gasteiger partial charge in [-0.15, -0.1) is 0 Å². The summed E-state index contributed by atoms with van der Waals surface area (Å²) in [7, 11) is 1.28. The third-order valence-corrected chi connectivity index (χ3v) is 1.79. The highest BCUT2D eigenvalue weighted by atomic mass is 16.5. The number of ether oxygens (including phenoxy) is 2. The molecule has 0 unspecified atom stereocenters. The van der Waals surface area contributed by atoms with E-state index in [1.807, 2.05) is 6.92 Å². The minimum atomic E-state index is -0.519. The molecule has 0 saturated heterocycles. The summed E-state index contributed by atoms with van der Waals surface area (Å²) < 4.78 is 9.47. The van der Waals surface area contributed by atoms with Crippen molar-refractivity contribution in [2.45, 2.75) is 13.8 Å². The van der Waals surface area contributed by atoms with Crippen molar-refractivity contribution in [1.82, 2.24) is 0 Å². The lowest BCUT2D eigenvalue weighted by Crippen LogP contribution is -2.09. The molecular weight excluding hydrogens is 196 g/mol. The van der Waals surface area contributed by atoms with Gasteiger partial charge in [-0.3, -0.25) is 4.79 Å². The van der Waals surface area contributed by atoms with E-state index in [2.05, 4.69) is 4.74 Å². The van der Waals surface area contributed by atoms with Crippen molar-refractivity contribution in [3.63, 3.8) is 0 Å². The van der Waals surface area contributed by atoms with Gasteiger partial charge in [0.2, 0.25) is 0 Å². The lowest BCUT2D eigenvalue weighted by Gasteiger charge is -2.07. The van der Waals surface area contributed by atoms with Gasteiger partial charge in [0.15, 0.2) is 0 Å². The maximum Gasteiger partial charge on any atom is 0.341 e. The summed E-state index contributed by atoms with van der Waals surface area (Å²) >= 11 is 0. The number of rotatable bonds is 2. The van der Waals surface area contributed by atoms with Crippen LogP contribution in [0.25, 0.3) is 0 Å². The second-order valence-corrected chi connectivity index (χ2v) is 3.08. The van der Waals surface area contributed by atoms with Gasteiger partial charge in [-0.2, -0.15) is 0 Å². The maximum atomic E-state index is 11.4. The van der Waals surface area contributed by atoms with Crippen LogP contribution in [0.4, 0.5) is 0 Å². The van der Waals surface area contributed by atoms with Crippen molar-refractivity contribution in [3.8, 4) is 5.75 Å². The summed E-state index contributed by atoms with van der Waals surface area (Å²) in [5.41, 5.74) is 1.15. The molecule has 0 amide bonds. The van der Waals surface area contributed by atoms with Gasteiger partial charge in [0.25, 0.3) is 0 Å². The first-order valence-electron chi connectivity index (χ1n) is 4.42. The fourth-order valence-electron chi connectivity index (χ4n) is 1.16. The first-order chi connectivity index (χ1) is 7.04. The number of methoxy groups -OCH3 is 1. The van der Waals surface area contributed by atoms with E-state index in [4.69, 9.17) is 4.74 Å². The predicted octanol–water partition coefficient (Wildman–Crippen LogP) is 1.71. The van der Waals surface area contributed by atoms with Gasteiger partial charge in [-0.25, -0.2) is 4.79 Å².